The number of carbonyl (C=O) groups excluding carboxylic acids is 1. The topological polar surface area (TPSA) is 64.2 Å². The van der Waals surface area contributed by atoms with E-state index in [1.54, 1.807) is 7.05 Å². The summed E-state index contributed by atoms with van der Waals surface area (Å²) >= 11 is 0. The zero-order valence-electron chi connectivity index (χ0n) is 11.1. The molecule has 1 atom stereocenters. The molecule has 96 valence electrons. The Balaban J connectivity index is 2.83. The Kier molecular flexibility index (Phi) is 4.54. The molecular weight excluding hydrogens is 216 g/mol. The van der Waals surface area contributed by atoms with Crippen LogP contribution in [-0.4, -0.2) is 33.7 Å². The van der Waals surface area contributed by atoms with E-state index in [0.29, 0.717) is 23.8 Å². The summed E-state index contributed by atoms with van der Waals surface area (Å²) in [5.74, 6) is 0.896. The number of carbonyl (C=O) groups is 1. The van der Waals surface area contributed by atoms with E-state index in [1.807, 2.05) is 11.8 Å². The molecule has 5 nitrogen and oxygen atoms in total. The highest BCUT2D eigenvalue weighted by molar-refractivity contribution is 5.98. The van der Waals surface area contributed by atoms with Crippen LogP contribution in [0.3, 0.4) is 0 Å². The first-order valence-electron chi connectivity index (χ1n) is 6.07. The quantitative estimate of drug-likeness (QED) is 0.845. The summed E-state index contributed by atoms with van der Waals surface area (Å²) in [6, 6.07) is 0. The number of amides is 1. The molecule has 1 amide bonds. The van der Waals surface area contributed by atoms with Crippen LogP contribution in [0.1, 0.15) is 37.6 Å². The lowest BCUT2D eigenvalue weighted by atomic mass is 10.1. The van der Waals surface area contributed by atoms with Crippen LogP contribution in [0, 0.1) is 5.92 Å². The first-order chi connectivity index (χ1) is 8.01. The Morgan fingerprint density at radius 2 is 2.24 bits per heavy atom. The van der Waals surface area contributed by atoms with Gasteiger partial charge in [0.1, 0.15) is 11.4 Å². The van der Waals surface area contributed by atoms with Gasteiger partial charge >= 0.3 is 0 Å². The molecule has 0 radical (unpaired) electrons. The number of rotatable bonds is 5. The SMILES string of the molecule is CCC(C)CN(CC)C(=O)c1cnn(C)c1N. The minimum atomic E-state index is -0.0293. The van der Waals surface area contributed by atoms with Crippen molar-refractivity contribution < 1.29 is 4.79 Å². The van der Waals surface area contributed by atoms with Gasteiger partial charge < -0.3 is 10.6 Å². The van der Waals surface area contributed by atoms with Gasteiger partial charge in [-0.15, -0.1) is 0 Å². The van der Waals surface area contributed by atoms with Crippen molar-refractivity contribution in [3.8, 4) is 0 Å². The van der Waals surface area contributed by atoms with Crippen LogP contribution in [0.25, 0.3) is 0 Å². The minimum absolute atomic E-state index is 0.0293. The van der Waals surface area contributed by atoms with Crippen molar-refractivity contribution in [3.05, 3.63) is 11.8 Å². The van der Waals surface area contributed by atoms with Crippen LogP contribution >= 0.6 is 0 Å². The molecule has 1 rings (SSSR count). The summed E-state index contributed by atoms with van der Waals surface area (Å²) in [6.07, 6.45) is 2.60. The molecule has 1 aromatic rings. The summed E-state index contributed by atoms with van der Waals surface area (Å²) in [6.45, 7) is 7.70. The lowest BCUT2D eigenvalue weighted by Gasteiger charge is -2.23. The molecule has 0 aromatic carbocycles. The zero-order chi connectivity index (χ0) is 13.0. The summed E-state index contributed by atoms with van der Waals surface area (Å²) in [5, 5.41) is 4.00. The van der Waals surface area contributed by atoms with Crippen molar-refractivity contribution in [2.75, 3.05) is 18.8 Å². The van der Waals surface area contributed by atoms with Crippen molar-refractivity contribution in [3.63, 3.8) is 0 Å². The van der Waals surface area contributed by atoms with Gasteiger partial charge in [0.15, 0.2) is 0 Å². The standard InChI is InChI=1S/C12H22N4O/c1-5-9(3)8-16(6-2)12(17)10-7-14-15(4)11(10)13/h7,9H,5-6,8,13H2,1-4H3. The van der Waals surface area contributed by atoms with E-state index >= 15 is 0 Å². The second kappa shape index (κ2) is 5.70. The van der Waals surface area contributed by atoms with Gasteiger partial charge in [-0.05, 0) is 12.8 Å². The van der Waals surface area contributed by atoms with Crippen molar-refractivity contribution in [2.45, 2.75) is 27.2 Å². The van der Waals surface area contributed by atoms with E-state index in [2.05, 4.69) is 18.9 Å². The smallest absolute Gasteiger partial charge is 0.259 e. The number of aromatic nitrogens is 2. The zero-order valence-corrected chi connectivity index (χ0v) is 11.1. The number of hydrogen-bond donors (Lipinski definition) is 1. The molecule has 1 heterocycles. The molecule has 0 aliphatic rings. The summed E-state index contributed by atoms with van der Waals surface area (Å²) < 4.78 is 1.52. The van der Waals surface area contributed by atoms with Crippen LogP contribution in [0.4, 0.5) is 5.82 Å². The molecule has 0 spiro atoms. The second-order valence-electron chi connectivity index (χ2n) is 4.42. The normalized spacial score (nSPS) is 12.5. The Labute approximate surface area is 103 Å². The summed E-state index contributed by atoms with van der Waals surface area (Å²) in [7, 11) is 1.73. The van der Waals surface area contributed by atoms with Crippen LogP contribution in [0.5, 0.6) is 0 Å². The van der Waals surface area contributed by atoms with Crippen LogP contribution in [0.2, 0.25) is 0 Å². The van der Waals surface area contributed by atoms with E-state index in [-0.39, 0.29) is 5.91 Å². The van der Waals surface area contributed by atoms with E-state index in [4.69, 9.17) is 5.73 Å². The number of nitrogen functional groups attached to an aromatic ring is 1. The molecule has 1 aromatic heterocycles. The Bertz CT molecular complexity index is 386. The molecule has 0 aliphatic heterocycles. The minimum Gasteiger partial charge on any atom is -0.383 e. The molecule has 1 unspecified atom stereocenters. The number of hydrogen-bond acceptors (Lipinski definition) is 3. The molecule has 2 N–H and O–H groups in total. The fourth-order valence-electron chi connectivity index (χ4n) is 1.64. The molecule has 17 heavy (non-hydrogen) atoms. The molecular formula is C12H22N4O. The van der Waals surface area contributed by atoms with Crippen molar-refractivity contribution in [1.82, 2.24) is 14.7 Å². The maximum atomic E-state index is 12.3. The first-order valence-corrected chi connectivity index (χ1v) is 6.07. The third kappa shape index (κ3) is 2.99. The molecule has 0 bridgehead atoms. The van der Waals surface area contributed by atoms with Gasteiger partial charge in [-0.3, -0.25) is 9.48 Å². The average Bonchev–Trinajstić information content (AvgIpc) is 2.66. The predicted octanol–water partition coefficient (Wildman–Crippen LogP) is 1.51. The largest absolute Gasteiger partial charge is 0.383 e. The molecule has 0 saturated heterocycles. The fourth-order valence-corrected chi connectivity index (χ4v) is 1.64. The maximum Gasteiger partial charge on any atom is 0.259 e. The van der Waals surface area contributed by atoms with Crippen LogP contribution in [-0.2, 0) is 7.05 Å². The number of nitrogens with zero attached hydrogens (tertiary/aromatic N) is 3. The van der Waals surface area contributed by atoms with Crippen molar-refractivity contribution in [1.29, 1.82) is 0 Å². The highest BCUT2D eigenvalue weighted by Gasteiger charge is 2.20. The monoisotopic (exact) mass is 238 g/mol. The van der Waals surface area contributed by atoms with E-state index in [0.717, 1.165) is 13.0 Å². The highest BCUT2D eigenvalue weighted by Crippen LogP contribution is 2.14. The fraction of sp³-hybridized carbons (Fsp3) is 0.667. The first kappa shape index (κ1) is 13.5. The van der Waals surface area contributed by atoms with E-state index < -0.39 is 0 Å². The van der Waals surface area contributed by atoms with Crippen molar-refractivity contribution in [2.24, 2.45) is 13.0 Å². The lowest BCUT2D eigenvalue weighted by molar-refractivity contribution is 0.0742. The van der Waals surface area contributed by atoms with Crippen LogP contribution in [0.15, 0.2) is 6.20 Å². The van der Waals surface area contributed by atoms with Gasteiger partial charge in [-0.1, -0.05) is 20.3 Å². The van der Waals surface area contributed by atoms with Gasteiger partial charge in [0, 0.05) is 20.1 Å². The van der Waals surface area contributed by atoms with E-state index in [1.165, 1.54) is 10.9 Å². The van der Waals surface area contributed by atoms with Gasteiger partial charge in [0.25, 0.3) is 5.91 Å². The number of anilines is 1. The predicted molar refractivity (Wildman–Crippen MR) is 68.7 cm³/mol. The molecule has 5 heteroatoms. The summed E-state index contributed by atoms with van der Waals surface area (Å²) in [4.78, 5) is 14.1. The number of aryl methyl sites for hydroxylation is 1. The lowest BCUT2D eigenvalue weighted by Crippen LogP contribution is -2.34. The maximum absolute atomic E-state index is 12.3. The Morgan fingerprint density at radius 3 is 2.65 bits per heavy atom. The van der Waals surface area contributed by atoms with Crippen LogP contribution < -0.4 is 5.73 Å². The van der Waals surface area contributed by atoms with Gasteiger partial charge in [0.2, 0.25) is 0 Å². The second-order valence-corrected chi connectivity index (χ2v) is 4.42. The average molecular weight is 238 g/mol. The van der Waals surface area contributed by atoms with Crippen molar-refractivity contribution >= 4 is 11.7 Å². The third-order valence-corrected chi connectivity index (χ3v) is 3.11. The molecule has 0 saturated carbocycles. The van der Waals surface area contributed by atoms with Gasteiger partial charge in [-0.25, -0.2) is 0 Å². The third-order valence-electron chi connectivity index (χ3n) is 3.11. The van der Waals surface area contributed by atoms with Gasteiger partial charge in [0.05, 0.1) is 6.20 Å². The Hall–Kier alpha value is -1.52. The molecule has 0 aliphatic carbocycles. The molecule has 0 fully saturated rings. The summed E-state index contributed by atoms with van der Waals surface area (Å²) in [5.41, 5.74) is 6.31. The van der Waals surface area contributed by atoms with Gasteiger partial charge in [-0.2, -0.15) is 5.10 Å². The van der Waals surface area contributed by atoms with E-state index in [9.17, 15) is 4.79 Å². The highest BCUT2D eigenvalue weighted by atomic mass is 16.2. The Morgan fingerprint density at radius 1 is 1.59 bits per heavy atom. The number of nitrogens with two attached hydrogens (primary N) is 1.